The van der Waals surface area contributed by atoms with Gasteiger partial charge in [0, 0.05) is 11.6 Å². The topological polar surface area (TPSA) is 0 Å². The second-order valence-electron chi connectivity index (χ2n) is 3.61. The van der Waals surface area contributed by atoms with Crippen LogP contribution in [0.4, 0.5) is 22.0 Å². The highest BCUT2D eigenvalue weighted by molar-refractivity contribution is 5.64. The summed E-state index contributed by atoms with van der Waals surface area (Å²) < 4.78 is 63.6. The summed E-state index contributed by atoms with van der Waals surface area (Å²) in [6.07, 6.45) is -4.51. The van der Waals surface area contributed by atoms with E-state index in [1.54, 1.807) is 0 Å². The maximum absolute atomic E-state index is 13.4. The van der Waals surface area contributed by atoms with Gasteiger partial charge in [0.25, 0.3) is 0 Å². The van der Waals surface area contributed by atoms with E-state index in [0.717, 1.165) is 30.3 Å². The van der Waals surface area contributed by atoms with E-state index >= 15 is 0 Å². The van der Waals surface area contributed by atoms with Gasteiger partial charge in [-0.25, -0.2) is 8.78 Å². The lowest BCUT2D eigenvalue weighted by molar-refractivity contribution is -0.137. The highest BCUT2D eigenvalue weighted by atomic mass is 19.4. The van der Waals surface area contributed by atoms with Gasteiger partial charge in [0.05, 0.1) is 5.56 Å². The fraction of sp³-hybridized carbons (Fsp3) is 0.0769. The maximum atomic E-state index is 13.4. The van der Waals surface area contributed by atoms with Crippen LogP contribution in [-0.2, 0) is 6.18 Å². The van der Waals surface area contributed by atoms with E-state index in [0.29, 0.717) is 6.07 Å². The van der Waals surface area contributed by atoms with Crippen molar-refractivity contribution in [2.24, 2.45) is 0 Å². The summed E-state index contributed by atoms with van der Waals surface area (Å²) in [7, 11) is 0. The summed E-state index contributed by atoms with van der Waals surface area (Å²) in [6, 6.07) is 7.84. The molecule has 0 amide bonds. The van der Waals surface area contributed by atoms with E-state index in [4.69, 9.17) is 0 Å². The number of hydrogen-bond acceptors (Lipinski definition) is 0. The Balaban J connectivity index is 2.51. The SMILES string of the molecule is Fc1ccc(-c2[c]ccc(C(F)(F)F)c2)c(F)c1. The van der Waals surface area contributed by atoms with Crippen molar-refractivity contribution in [3.63, 3.8) is 0 Å². The van der Waals surface area contributed by atoms with Gasteiger partial charge in [-0.3, -0.25) is 0 Å². The minimum Gasteiger partial charge on any atom is -0.207 e. The lowest BCUT2D eigenvalue weighted by Crippen LogP contribution is -2.04. The largest absolute Gasteiger partial charge is 0.416 e. The third kappa shape index (κ3) is 2.50. The molecule has 0 saturated carbocycles. The Kier molecular flexibility index (Phi) is 3.07. The van der Waals surface area contributed by atoms with Crippen molar-refractivity contribution in [1.82, 2.24) is 0 Å². The number of hydrogen-bond donors (Lipinski definition) is 0. The molecule has 0 spiro atoms. The molecule has 2 rings (SSSR count). The van der Waals surface area contributed by atoms with Crippen molar-refractivity contribution in [1.29, 1.82) is 0 Å². The molecular formula is C13H6F5. The van der Waals surface area contributed by atoms with Crippen LogP contribution in [0.1, 0.15) is 5.56 Å². The molecule has 0 N–H and O–H groups in total. The van der Waals surface area contributed by atoms with Crippen molar-refractivity contribution < 1.29 is 22.0 Å². The van der Waals surface area contributed by atoms with Gasteiger partial charge in [-0.15, -0.1) is 0 Å². The zero-order valence-corrected chi connectivity index (χ0v) is 8.85. The Morgan fingerprint density at radius 2 is 1.67 bits per heavy atom. The summed E-state index contributed by atoms with van der Waals surface area (Å²) in [5.41, 5.74) is -1.09. The van der Waals surface area contributed by atoms with Crippen LogP contribution < -0.4 is 0 Å². The predicted octanol–water partition coefficient (Wildman–Crippen LogP) is 4.45. The van der Waals surface area contributed by atoms with Crippen LogP contribution in [0, 0.1) is 17.7 Å². The predicted molar refractivity (Wildman–Crippen MR) is 55.6 cm³/mol. The average Bonchev–Trinajstić information content (AvgIpc) is 2.28. The lowest BCUT2D eigenvalue weighted by Gasteiger charge is -2.09. The van der Waals surface area contributed by atoms with Gasteiger partial charge in [-0.2, -0.15) is 13.2 Å². The van der Waals surface area contributed by atoms with Crippen LogP contribution >= 0.6 is 0 Å². The second kappa shape index (κ2) is 4.40. The van der Waals surface area contributed by atoms with Crippen molar-refractivity contribution in [2.75, 3.05) is 0 Å². The zero-order chi connectivity index (χ0) is 13.3. The number of halogens is 5. The standard InChI is InChI=1S/C13H6F5/c14-10-4-5-11(12(15)7-10)8-2-1-3-9(6-8)13(16,17)18/h1,3-7H. The maximum Gasteiger partial charge on any atom is 0.416 e. The summed E-state index contributed by atoms with van der Waals surface area (Å²) in [5.74, 6) is -1.71. The molecule has 0 saturated heterocycles. The van der Waals surface area contributed by atoms with Gasteiger partial charge in [-0.05, 0) is 35.9 Å². The van der Waals surface area contributed by atoms with E-state index in [9.17, 15) is 22.0 Å². The van der Waals surface area contributed by atoms with Crippen LogP contribution in [0.15, 0.2) is 36.4 Å². The van der Waals surface area contributed by atoms with Crippen LogP contribution in [0.25, 0.3) is 11.1 Å². The summed E-state index contributed by atoms with van der Waals surface area (Å²) in [6.45, 7) is 0. The molecule has 2 aromatic rings. The van der Waals surface area contributed by atoms with Crippen LogP contribution in [0.5, 0.6) is 0 Å². The molecule has 0 heterocycles. The third-order valence-corrected chi connectivity index (χ3v) is 2.35. The highest BCUT2D eigenvalue weighted by Crippen LogP contribution is 2.32. The Labute approximate surface area is 99.7 Å². The average molecular weight is 257 g/mol. The first-order valence-electron chi connectivity index (χ1n) is 4.92. The third-order valence-electron chi connectivity index (χ3n) is 2.35. The minimum atomic E-state index is -4.51. The molecule has 0 aliphatic carbocycles. The van der Waals surface area contributed by atoms with E-state index in [-0.39, 0.29) is 11.1 Å². The molecule has 18 heavy (non-hydrogen) atoms. The first-order valence-corrected chi connectivity index (χ1v) is 4.92. The van der Waals surface area contributed by atoms with Gasteiger partial charge in [0.15, 0.2) is 0 Å². The summed E-state index contributed by atoms with van der Waals surface area (Å²) >= 11 is 0. The van der Waals surface area contributed by atoms with Crippen LogP contribution in [0.2, 0.25) is 0 Å². The molecule has 0 aliphatic rings. The van der Waals surface area contributed by atoms with E-state index < -0.39 is 23.4 Å². The molecule has 93 valence electrons. The van der Waals surface area contributed by atoms with Crippen molar-refractivity contribution in [3.05, 3.63) is 59.7 Å². The Morgan fingerprint density at radius 3 is 2.28 bits per heavy atom. The fourth-order valence-electron chi connectivity index (χ4n) is 1.51. The van der Waals surface area contributed by atoms with Gasteiger partial charge in [0.2, 0.25) is 0 Å². The first-order chi connectivity index (χ1) is 8.38. The molecule has 0 unspecified atom stereocenters. The van der Waals surface area contributed by atoms with Gasteiger partial charge < -0.3 is 0 Å². The van der Waals surface area contributed by atoms with Gasteiger partial charge in [-0.1, -0.05) is 6.07 Å². The molecule has 0 atom stereocenters. The van der Waals surface area contributed by atoms with Crippen LogP contribution in [-0.4, -0.2) is 0 Å². The van der Waals surface area contributed by atoms with Gasteiger partial charge in [0.1, 0.15) is 11.6 Å². The monoisotopic (exact) mass is 257 g/mol. The molecule has 0 aromatic heterocycles. The summed E-state index contributed by atoms with van der Waals surface area (Å²) in [5, 5.41) is 0. The quantitative estimate of drug-likeness (QED) is 0.662. The molecule has 5 heteroatoms. The van der Waals surface area contributed by atoms with E-state index in [1.807, 2.05) is 0 Å². The molecule has 0 bridgehead atoms. The molecule has 0 aliphatic heterocycles. The molecule has 2 aromatic carbocycles. The number of rotatable bonds is 1. The molecule has 0 fully saturated rings. The van der Waals surface area contributed by atoms with E-state index in [1.165, 1.54) is 0 Å². The normalized spacial score (nSPS) is 11.6. The smallest absolute Gasteiger partial charge is 0.207 e. The lowest BCUT2D eigenvalue weighted by atomic mass is 10.0. The number of benzene rings is 2. The highest BCUT2D eigenvalue weighted by Gasteiger charge is 2.30. The minimum absolute atomic E-state index is 0.0673. The number of alkyl halides is 3. The van der Waals surface area contributed by atoms with Crippen molar-refractivity contribution in [3.8, 4) is 11.1 Å². The molecule has 1 radical (unpaired) electrons. The van der Waals surface area contributed by atoms with Crippen LogP contribution in [0.3, 0.4) is 0 Å². The Bertz CT molecular complexity index is 572. The Morgan fingerprint density at radius 1 is 0.944 bits per heavy atom. The summed E-state index contributed by atoms with van der Waals surface area (Å²) in [4.78, 5) is 0. The van der Waals surface area contributed by atoms with Crippen molar-refractivity contribution in [2.45, 2.75) is 6.18 Å². The first kappa shape index (κ1) is 12.5. The second-order valence-corrected chi connectivity index (χ2v) is 3.61. The fourth-order valence-corrected chi connectivity index (χ4v) is 1.51. The Hall–Kier alpha value is -1.91. The molecular weight excluding hydrogens is 251 g/mol. The van der Waals surface area contributed by atoms with Crippen molar-refractivity contribution >= 4 is 0 Å². The zero-order valence-electron chi connectivity index (χ0n) is 8.85. The molecule has 0 nitrogen and oxygen atoms in total. The van der Waals surface area contributed by atoms with E-state index in [2.05, 4.69) is 6.07 Å². The van der Waals surface area contributed by atoms with Gasteiger partial charge >= 0.3 is 6.18 Å².